The molecule has 104 valence electrons. The van der Waals surface area contributed by atoms with Crippen LogP contribution in [0.15, 0.2) is 18.2 Å². The quantitative estimate of drug-likeness (QED) is 0.823. The fourth-order valence-electron chi connectivity index (χ4n) is 2.23. The van der Waals surface area contributed by atoms with Gasteiger partial charge in [-0.05, 0) is 32.0 Å². The molecule has 19 heavy (non-hydrogen) atoms. The number of hydrogen-bond acceptors (Lipinski definition) is 4. The van der Waals surface area contributed by atoms with Crippen LogP contribution >= 0.6 is 0 Å². The summed E-state index contributed by atoms with van der Waals surface area (Å²) in [5, 5.41) is 0. The number of amides is 1. The highest BCUT2D eigenvalue weighted by atomic mass is 16.5. The summed E-state index contributed by atoms with van der Waals surface area (Å²) in [6, 6.07) is 5.15. The van der Waals surface area contributed by atoms with Crippen LogP contribution in [0.2, 0.25) is 0 Å². The van der Waals surface area contributed by atoms with Crippen molar-refractivity contribution in [3.05, 3.63) is 23.8 Å². The molecule has 1 fully saturated rings. The minimum Gasteiger partial charge on any atom is -0.496 e. The van der Waals surface area contributed by atoms with E-state index in [2.05, 4.69) is 0 Å². The molecule has 1 saturated heterocycles. The molecule has 2 unspecified atom stereocenters. The van der Waals surface area contributed by atoms with E-state index in [0.717, 1.165) is 0 Å². The molecule has 0 bridgehead atoms. The molecule has 0 radical (unpaired) electrons. The van der Waals surface area contributed by atoms with Crippen LogP contribution in [0.25, 0.3) is 0 Å². The maximum atomic E-state index is 12.6. The summed E-state index contributed by atoms with van der Waals surface area (Å²) in [7, 11) is 1.55. The van der Waals surface area contributed by atoms with Crippen molar-refractivity contribution in [1.82, 2.24) is 4.90 Å². The summed E-state index contributed by atoms with van der Waals surface area (Å²) in [5.41, 5.74) is 6.82. The summed E-state index contributed by atoms with van der Waals surface area (Å²) < 4.78 is 10.8. The Morgan fingerprint density at radius 2 is 2.21 bits per heavy atom. The van der Waals surface area contributed by atoms with E-state index in [1.807, 2.05) is 18.7 Å². The Labute approximate surface area is 113 Å². The Kier molecular flexibility index (Phi) is 3.95. The van der Waals surface area contributed by atoms with Crippen molar-refractivity contribution in [2.24, 2.45) is 0 Å². The number of nitrogens with two attached hydrogens (primary N) is 1. The van der Waals surface area contributed by atoms with E-state index in [9.17, 15) is 4.79 Å². The van der Waals surface area contributed by atoms with Gasteiger partial charge in [-0.3, -0.25) is 4.79 Å². The lowest BCUT2D eigenvalue weighted by Crippen LogP contribution is -2.50. The first-order chi connectivity index (χ1) is 9.02. The molecule has 5 nitrogen and oxygen atoms in total. The van der Waals surface area contributed by atoms with E-state index in [4.69, 9.17) is 15.2 Å². The molecule has 1 aliphatic rings. The van der Waals surface area contributed by atoms with Gasteiger partial charge in [0.2, 0.25) is 0 Å². The Balaban J connectivity index is 2.30. The Bertz CT molecular complexity index is 476. The molecule has 0 saturated carbocycles. The van der Waals surface area contributed by atoms with E-state index in [-0.39, 0.29) is 18.1 Å². The number of hydrogen-bond donors (Lipinski definition) is 1. The number of carbonyl (C=O) groups is 1. The van der Waals surface area contributed by atoms with Gasteiger partial charge in [0.15, 0.2) is 0 Å². The predicted octanol–water partition coefficient (Wildman–Crippen LogP) is 1.53. The summed E-state index contributed by atoms with van der Waals surface area (Å²) in [4.78, 5) is 14.4. The van der Waals surface area contributed by atoms with E-state index in [1.54, 1.807) is 25.3 Å². The number of carbonyl (C=O) groups excluding carboxylic acids is 1. The van der Waals surface area contributed by atoms with Gasteiger partial charge in [0, 0.05) is 12.2 Å². The van der Waals surface area contributed by atoms with Crippen molar-refractivity contribution in [3.63, 3.8) is 0 Å². The number of ether oxygens (including phenoxy) is 2. The van der Waals surface area contributed by atoms with Gasteiger partial charge >= 0.3 is 0 Å². The highest BCUT2D eigenvalue weighted by molar-refractivity contribution is 5.98. The van der Waals surface area contributed by atoms with Crippen LogP contribution in [0.4, 0.5) is 5.69 Å². The molecule has 2 atom stereocenters. The smallest absolute Gasteiger partial charge is 0.258 e. The van der Waals surface area contributed by atoms with Crippen LogP contribution in [0.5, 0.6) is 5.75 Å². The fourth-order valence-corrected chi connectivity index (χ4v) is 2.23. The predicted molar refractivity (Wildman–Crippen MR) is 73.3 cm³/mol. The first-order valence-corrected chi connectivity index (χ1v) is 6.39. The maximum absolute atomic E-state index is 12.6. The monoisotopic (exact) mass is 264 g/mol. The molecule has 1 aromatic carbocycles. The lowest BCUT2D eigenvalue weighted by molar-refractivity contribution is -0.0387. The SMILES string of the molecule is COc1ccc(N)cc1C(=O)N1CC(C)OCC1C. The summed E-state index contributed by atoms with van der Waals surface area (Å²) in [6.45, 7) is 5.07. The van der Waals surface area contributed by atoms with Gasteiger partial charge in [0.25, 0.3) is 5.91 Å². The summed E-state index contributed by atoms with van der Waals surface area (Å²) in [5.74, 6) is 0.484. The first-order valence-electron chi connectivity index (χ1n) is 6.39. The zero-order chi connectivity index (χ0) is 14.0. The van der Waals surface area contributed by atoms with Crippen LogP contribution in [-0.4, -0.2) is 43.2 Å². The van der Waals surface area contributed by atoms with E-state index >= 15 is 0 Å². The fraction of sp³-hybridized carbons (Fsp3) is 0.500. The van der Waals surface area contributed by atoms with Gasteiger partial charge < -0.3 is 20.1 Å². The normalized spacial score (nSPS) is 23.2. The molecule has 1 amide bonds. The number of nitrogen functional groups attached to an aromatic ring is 1. The third kappa shape index (κ3) is 2.81. The van der Waals surface area contributed by atoms with Gasteiger partial charge in [0.05, 0.1) is 31.4 Å². The minimum absolute atomic E-state index is 0.0483. The molecule has 0 aromatic heterocycles. The zero-order valence-corrected chi connectivity index (χ0v) is 11.6. The molecular weight excluding hydrogens is 244 g/mol. The second-order valence-corrected chi connectivity index (χ2v) is 4.91. The number of nitrogens with zero attached hydrogens (tertiary/aromatic N) is 1. The average Bonchev–Trinajstić information content (AvgIpc) is 2.40. The minimum atomic E-state index is -0.0631. The summed E-state index contributed by atoms with van der Waals surface area (Å²) in [6.07, 6.45) is 0.0483. The van der Waals surface area contributed by atoms with Crippen LogP contribution < -0.4 is 10.5 Å². The summed E-state index contributed by atoms with van der Waals surface area (Å²) >= 11 is 0. The second kappa shape index (κ2) is 5.48. The number of anilines is 1. The lowest BCUT2D eigenvalue weighted by Gasteiger charge is -2.37. The molecule has 1 aliphatic heterocycles. The number of morpholine rings is 1. The number of methoxy groups -OCH3 is 1. The molecular formula is C14H20N2O3. The second-order valence-electron chi connectivity index (χ2n) is 4.91. The Morgan fingerprint density at radius 1 is 1.47 bits per heavy atom. The molecule has 0 spiro atoms. The standard InChI is InChI=1S/C14H20N2O3/c1-9-8-19-10(2)7-16(9)14(17)12-6-11(15)4-5-13(12)18-3/h4-6,9-10H,7-8,15H2,1-3H3. The van der Waals surface area contributed by atoms with Crippen molar-refractivity contribution in [2.75, 3.05) is 26.0 Å². The molecule has 5 heteroatoms. The van der Waals surface area contributed by atoms with Gasteiger partial charge in [0.1, 0.15) is 5.75 Å². The highest BCUT2D eigenvalue weighted by Gasteiger charge is 2.29. The molecule has 0 aliphatic carbocycles. The van der Waals surface area contributed by atoms with Gasteiger partial charge in [-0.1, -0.05) is 0 Å². The van der Waals surface area contributed by atoms with Crippen molar-refractivity contribution in [2.45, 2.75) is 26.0 Å². The third-order valence-electron chi connectivity index (χ3n) is 3.32. The molecule has 1 heterocycles. The van der Waals surface area contributed by atoms with Crippen molar-refractivity contribution in [3.8, 4) is 5.75 Å². The maximum Gasteiger partial charge on any atom is 0.258 e. The number of benzene rings is 1. The molecule has 2 rings (SSSR count). The topological polar surface area (TPSA) is 64.8 Å². The van der Waals surface area contributed by atoms with Crippen molar-refractivity contribution < 1.29 is 14.3 Å². The van der Waals surface area contributed by atoms with Crippen LogP contribution in [-0.2, 0) is 4.74 Å². The highest BCUT2D eigenvalue weighted by Crippen LogP contribution is 2.25. The zero-order valence-electron chi connectivity index (χ0n) is 11.6. The largest absolute Gasteiger partial charge is 0.496 e. The van der Waals surface area contributed by atoms with E-state index < -0.39 is 0 Å². The van der Waals surface area contributed by atoms with Crippen LogP contribution in [0.1, 0.15) is 24.2 Å². The lowest BCUT2D eigenvalue weighted by atomic mass is 10.1. The van der Waals surface area contributed by atoms with Crippen molar-refractivity contribution in [1.29, 1.82) is 0 Å². The number of rotatable bonds is 2. The Morgan fingerprint density at radius 3 is 2.89 bits per heavy atom. The van der Waals surface area contributed by atoms with Gasteiger partial charge in [-0.2, -0.15) is 0 Å². The third-order valence-corrected chi connectivity index (χ3v) is 3.32. The first kappa shape index (κ1) is 13.7. The van der Waals surface area contributed by atoms with E-state index in [1.165, 1.54) is 0 Å². The van der Waals surface area contributed by atoms with Gasteiger partial charge in [-0.15, -0.1) is 0 Å². The van der Waals surface area contributed by atoms with E-state index in [0.29, 0.717) is 30.2 Å². The molecule has 1 aromatic rings. The van der Waals surface area contributed by atoms with Gasteiger partial charge in [-0.25, -0.2) is 0 Å². The van der Waals surface area contributed by atoms with Crippen LogP contribution in [0.3, 0.4) is 0 Å². The average molecular weight is 264 g/mol. The molecule has 2 N–H and O–H groups in total. The Hall–Kier alpha value is -1.75. The van der Waals surface area contributed by atoms with Crippen LogP contribution in [0, 0.1) is 0 Å². The van der Waals surface area contributed by atoms with Crippen molar-refractivity contribution >= 4 is 11.6 Å².